The Bertz CT molecular complexity index is 590. The predicted octanol–water partition coefficient (Wildman–Crippen LogP) is -1.58. The standard InChI is InChI=1S/C14H17NO12/c1-7(2)12(20)27-15-10(18)8(25-13(21)23-5-3-16)9(11(15)19)26-14(22)24-6-4-17/h8-9,16-17H,1,3-6H2,2H3. The van der Waals surface area contributed by atoms with Gasteiger partial charge in [-0.3, -0.25) is 9.59 Å². The van der Waals surface area contributed by atoms with E-state index in [0.717, 1.165) is 0 Å². The van der Waals surface area contributed by atoms with Crippen molar-refractivity contribution in [3.05, 3.63) is 12.2 Å². The first kappa shape index (κ1) is 21.9. The number of aliphatic hydroxyl groups is 2. The van der Waals surface area contributed by atoms with Crippen LogP contribution in [0.5, 0.6) is 0 Å². The van der Waals surface area contributed by atoms with Gasteiger partial charge in [-0.2, -0.15) is 0 Å². The molecule has 2 N–H and O–H groups in total. The average Bonchev–Trinajstić information content (AvgIpc) is 2.83. The van der Waals surface area contributed by atoms with Crippen LogP contribution in [0.15, 0.2) is 12.2 Å². The van der Waals surface area contributed by atoms with Crippen LogP contribution in [0.3, 0.4) is 0 Å². The zero-order valence-corrected chi connectivity index (χ0v) is 14.1. The van der Waals surface area contributed by atoms with Crippen LogP contribution in [0.2, 0.25) is 0 Å². The molecule has 0 radical (unpaired) electrons. The van der Waals surface area contributed by atoms with Crippen molar-refractivity contribution < 1.29 is 58.0 Å². The molecule has 0 aromatic heterocycles. The summed E-state index contributed by atoms with van der Waals surface area (Å²) < 4.78 is 18.0. The maximum absolute atomic E-state index is 12.2. The van der Waals surface area contributed by atoms with Gasteiger partial charge in [0.2, 0.25) is 12.2 Å². The van der Waals surface area contributed by atoms with E-state index in [9.17, 15) is 24.0 Å². The van der Waals surface area contributed by atoms with Crippen LogP contribution in [0.1, 0.15) is 6.92 Å². The summed E-state index contributed by atoms with van der Waals surface area (Å²) in [6.07, 6.45) is -6.99. The number of ether oxygens (including phenoxy) is 4. The molecule has 0 bridgehead atoms. The van der Waals surface area contributed by atoms with Crippen LogP contribution in [0.25, 0.3) is 0 Å². The quantitative estimate of drug-likeness (QED) is 0.276. The highest BCUT2D eigenvalue weighted by Crippen LogP contribution is 2.22. The second-order valence-electron chi connectivity index (χ2n) is 4.85. The van der Waals surface area contributed by atoms with Gasteiger partial charge < -0.3 is 34.0 Å². The highest BCUT2D eigenvalue weighted by atomic mass is 16.8. The highest BCUT2D eigenvalue weighted by Gasteiger charge is 2.56. The molecule has 1 aliphatic rings. The van der Waals surface area contributed by atoms with Gasteiger partial charge in [-0.05, 0) is 6.92 Å². The molecule has 0 spiro atoms. The molecule has 150 valence electrons. The summed E-state index contributed by atoms with van der Waals surface area (Å²) in [7, 11) is 0. The number of rotatable bonds is 8. The molecule has 1 rings (SSSR count). The van der Waals surface area contributed by atoms with E-state index in [1.165, 1.54) is 6.92 Å². The van der Waals surface area contributed by atoms with Gasteiger partial charge in [0.25, 0.3) is 0 Å². The van der Waals surface area contributed by atoms with Crippen molar-refractivity contribution in [2.24, 2.45) is 0 Å². The van der Waals surface area contributed by atoms with Gasteiger partial charge in [0, 0.05) is 5.57 Å². The van der Waals surface area contributed by atoms with Gasteiger partial charge in [-0.25, -0.2) is 14.4 Å². The normalized spacial score (nSPS) is 18.7. The van der Waals surface area contributed by atoms with Crippen LogP contribution in [-0.4, -0.2) is 84.0 Å². The van der Waals surface area contributed by atoms with Crippen LogP contribution < -0.4 is 0 Å². The zero-order valence-electron chi connectivity index (χ0n) is 14.1. The fourth-order valence-corrected chi connectivity index (χ4v) is 1.61. The lowest BCUT2D eigenvalue weighted by molar-refractivity contribution is -0.196. The molecule has 13 nitrogen and oxygen atoms in total. The number of imide groups is 1. The van der Waals surface area contributed by atoms with E-state index in [-0.39, 0.29) is 10.6 Å². The molecule has 1 aliphatic heterocycles. The van der Waals surface area contributed by atoms with Gasteiger partial charge in [0.15, 0.2) is 0 Å². The van der Waals surface area contributed by atoms with Crippen LogP contribution in [-0.2, 0) is 38.2 Å². The predicted molar refractivity (Wildman–Crippen MR) is 79.4 cm³/mol. The largest absolute Gasteiger partial charge is 0.509 e. The Morgan fingerprint density at radius 1 is 0.963 bits per heavy atom. The molecule has 0 saturated carbocycles. The van der Waals surface area contributed by atoms with Crippen molar-refractivity contribution in [1.82, 2.24) is 5.06 Å². The number of nitrogens with zero attached hydrogens (tertiary/aromatic N) is 1. The molecular weight excluding hydrogens is 374 g/mol. The van der Waals surface area contributed by atoms with Gasteiger partial charge in [0.1, 0.15) is 13.2 Å². The number of hydroxylamine groups is 2. The number of aliphatic hydroxyl groups excluding tert-OH is 2. The second-order valence-corrected chi connectivity index (χ2v) is 4.85. The van der Waals surface area contributed by atoms with E-state index in [0.29, 0.717) is 0 Å². The number of carbonyl (C=O) groups excluding carboxylic acids is 5. The number of hydrogen-bond donors (Lipinski definition) is 2. The average molecular weight is 391 g/mol. The van der Waals surface area contributed by atoms with E-state index < -0.39 is 68.7 Å². The summed E-state index contributed by atoms with van der Waals surface area (Å²) in [5.74, 6) is -3.81. The summed E-state index contributed by atoms with van der Waals surface area (Å²) >= 11 is 0. The minimum absolute atomic E-state index is 0.0506. The third kappa shape index (κ3) is 5.93. The van der Waals surface area contributed by atoms with Gasteiger partial charge in [-0.15, -0.1) is 0 Å². The van der Waals surface area contributed by atoms with Crippen LogP contribution in [0, 0.1) is 0 Å². The topological polar surface area (TPSA) is 175 Å². The molecular formula is C14H17NO12. The lowest BCUT2D eigenvalue weighted by atomic mass is 10.2. The minimum Gasteiger partial charge on any atom is -0.432 e. The smallest absolute Gasteiger partial charge is 0.432 e. The van der Waals surface area contributed by atoms with Crippen LogP contribution in [0.4, 0.5) is 9.59 Å². The lowest BCUT2D eigenvalue weighted by Gasteiger charge is -2.15. The Morgan fingerprint density at radius 2 is 1.37 bits per heavy atom. The monoisotopic (exact) mass is 391 g/mol. The van der Waals surface area contributed by atoms with E-state index in [1.807, 2.05) is 0 Å². The Morgan fingerprint density at radius 3 is 1.70 bits per heavy atom. The fraction of sp³-hybridized carbons (Fsp3) is 0.500. The minimum atomic E-state index is -2.04. The molecule has 1 saturated heterocycles. The summed E-state index contributed by atoms with van der Waals surface area (Å²) in [5, 5.41) is 17.1. The summed E-state index contributed by atoms with van der Waals surface area (Å²) in [5.41, 5.74) is -0.151. The van der Waals surface area contributed by atoms with Crippen molar-refractivity contribution in [3.8, 4) is 0 Å². The first-order valence-corrected chi connectivity index (χ1v) is 7.37. The molecule has 0 aromatic carbocycles. The second kappa shape index (κ2) is 10.1. The third-order valence-corrected chi connectivity index (χ3v) is 2.75. The first-order chi connectivity index (χ1) is 12.7. The molecule has 1 fully saturated rings. The van der Waals surface area contributed by atoms with Gasteiger partial charge in [-0.1, -0.05) is 11.6 Å². The molecule has 27 heavy (non-hydrogen) atoms. The van der Waals surface area contributed by atoms with Crippen molar-refractivity contribution in [2.45, 2.75) is 19.1 Å². The SMILES string of the molecule is C=C(C)C(=O)ON1C(=O)C(OC(=O)OCCO)C(OC(=O)OCCO)C1=O. The molecule has 2 atom stereocenters. The molecule has 0 aromatic rings. The van der Waals surface area contributed by atoms with Crippen molar-refractivity contribution >= 4 is 30.1 Å². The van der Waals surface area contributed by atoms with Gasteiger partial charge >= 0.3 is 30.1 Å². The third-order valence-electron chi connectivity index (χ3n) is 2.75. The zero-order chi connectivity index (χ0) is 20.6. The Balaban J connectivity index is 2.97. The van der Waals surface area contributed by atoms with E-state index in [2.05, 4.69) is 30.4 Å². The van der Waals surface area contributed by atoms with Crippen molar-refractivity contribution in [1.29, 1.82) is 0 Å². The summed E-state index contributed by atoms with van der Waals surface area (Å²) in [6.45, 7) is 2.50. The van der Waals surface area contributed by atoms with E-state index in [1.54, 1.807) is 0 Å². The summed E-state index contributed by atoms with van der Waals surface area (Å²) in [6, 6.07) is 0. The lowest BCUT2D eigenvalue weighted by Crippen LogP contribution is -2.38. The number of hydrogen-bond acceptors (Lipinski definition) is 12. The Kier molecular flexibility index (Phi) is 8.16. The Hall–Kier alpha value is -3.19. The van der Waals surface area contributed by atoms with Gasteiger partial charge in [0.05, 0.1) is 13.2 Å². The van der Waals surface area contributed by atoms with E-state index >= 15 is 0 Å². The van der Waals surface area contributed by atoms with Crippen molar-refractivity contribution in [2.75, 3.05) is 26.4 Å². The maximum Gasteiger partial charge on any atom is 0.509 e. The first-order valence-electron chi connectivity index (χ1n) is 7.37. The molecule has 0 aliphatic carbocycles. The molecule has 13 heteroatoms. The molecule has 2 amide bonds. The molecule has 2 unspecified atom stereocenters. The molecule has 1 heterocycles. The Labute approximate surface area is 151 Å². The van der Waals surface area contributed by atoms with Crippen molar-refractivity contribution in [3.63, 3.8) is 0 Å². The number of amides is 2. The number of carbonyl (C=O) groups is 5. The fourth-order valence-electron chi connectivity index (χ4n) is 1.61. The summed E-state index contributed by atoms with van der Waals surface area (Å²) in [4.78, 5) is 63.5. The van der Waals surface area contributed by atoms with Crippen LogP contribution >= 0.6 is 0 Å². The maximum atomic E-state index is 12.2. The van der Waals surface area contributed by atoms with E-state index in [4.69, 9.17) is 10.2 Å². The highest BCUT2D eigenvalue weighted by molar-refractivity contribution is 6.09.